The molecule has 1 aromatic carbocycles. The van der Waals surface area contributed by atoms with Crippen LogP contribution in [0, 0.1) is 0 Å². The highest BCUT2D eigenvalue weighted by Crippen LogP contribution is 2.18. The Balaban J connectivity index is 2.81. The summed E-state index contributed by atoms with van der Waals surface area (Å²) in [5.41, 5.74) is 0.122. The van der Waals surface area contributed by atoms with E-state index in [1.165, 1.54) is 12.1 Å². The SMILES string of the molecule is COC(C)(C)CC(=O)NC(C)c1cccc(S(N)(=O)=O)c1. The Hall–Kier alpha value is -1.44. The van der Waals surface area contributed by atoms with Crippen molar-refractivity contribution in [3.05, 3.63) is 29.8 Å². The summed E-state index contributed by atoms with van der Waals surface area (Å²) in [7, 11) is -2.20. The quantitative estimate of drug-likeness (QED) is 0.827. The second-order valence-corrected chi connectivity index (χ2v) is 7.11. The molecule has 7 heteroatoms. The van der Waals surface area contributed by atoms with Gasteiger partial charge in [-0.2, -0.15) is 0 Å². The van der Waals surface area contributed by atoms with E-state index in [0.717, 1.165) is 0 Å². The minimum atomic E-state index is -3.75. The highest BCUT2D eigenvalue weighted by Gasteiger charge is 2.22. The molecule has 0 spiro atoms. The van der Waals surface area contributed by atoms with E-state index in [-0.39, 0.29) is 23.3 Å². The topological polar surface area (TPSA) is 98.5 Å². The number of rotatable bonds is 6. The number of carbonyl (C=O) groups excluding carboxylic acids is 1. The molecule has 6 nitrogen and oxygen atoms in total. The summed E-state index contributed by atoms with van der Waals surface area (Å²) in [6.07, 6.45) is 0.211. The van der Waals surface area contributed by atoms with Crippen LogP contribution >= 0.6 is 0 Å². The fraction of sp³-hybridized carbons (Fsp3) is 0.500. The average molecular weight is 314 g/mol. The normalized spacial score (nSPS) is 13.8. The van der Waals surface area contributed by atoms with Crippen LogP contribution < -0.4 is 10.5 Å². The van der Waals surface area contributed by atoms with Crippen LogP contribution in [0.2, 0.25) is 0 Å². The van der Waals surface area contributed by atoms with Gasteiger partial charge in [-0.05, 0) is 38.5 Å². The fourth-order valence-corrected chi connectivity index (χ4v) is 2.36. The highest BCUT2D eigenvalue weighted by atomic mass is 32.2. The van der Waals surface area contributed by atoms with Crippen LogP contribution in [-0.2, 0) is 19.6 Å². The van der Waals surface area contributed by atoms with Gasteiger partial charge < -0.3 is 10.1 Å². The zero-order valence-corrected chi connectivity index (χ0v) is 13.5. The minimum absolute atomic E-state index is 0.0262. The van der Waals surface area contributed by atoms with Crippen molar-refractivity contribution in [3.8, 4) is 0 Å². The predicted molar refractivity (Wildman–Crippen MR) is 80.1 cm³/mol. The van der Waals surface area contributed by atoms with Gasteiger partial charge in [0.2, 0.25) is 15.9 Å². The lowest BCUT2D eigenvalue weighted by Gasteiger charge is -2.23. The lowest BCUT2D eigenvalue weighted by Crippen LogP contribution is -2.35. The summed E-state index contributed by atoms with van der Waals surface area (Å²) in [6, 6.07) is 5.88. The Morgan fingerprint density at radius 2 is 2.05 bits per heavy atom. The molecule has 1 amide bonds. The molecular formula is C14H22N2O4S. The predicted octanol–water partition coefficient (Wildman–Crippen LogP) is 1.33. The van der Waals surface area contributed by atoms with E-state index in [4.69, 9.17) is 9.88 Å². The zero-order valence-electron chi connectivity index (χ0n) is 12.7. The van der Waals surface area contributed by atoms with Crippen molar-refractivity contribution in [1.82, 2.24) is 5.32 Å². The molecule has 0 fully saturated rings. The van der Waals surface area contributed by atoms with Crippen molar-refractivity contribution in [2.24, 2.45) is 5.14 Å². The van der Waals surface area contributed by atoms with Crippen molar-refractivity contribution in [2.45, 2.75) is 43.7 Å². The van der Waals surface area contributed by atoms with E-state index in [2.05, 4.69) is 5.32 Å². The minimum Gasteiger partial charge on any atom is -0.378 e. The van der Waals surface area contributed by atoms with Gasteiger partial charge >= 0.3 is 0 Å². The average Bonchev–Trinajstić information content (AvgIpc) is 2.37. The van der Waals surface area contributed by atoms with E-state index in [0.29, 0.717) is 5.56 Å². The Labute approximate surface area is 125 Å². The van der Waals surface area contributed by atoms with Gasteiger partial charge in [0.15, 0.2) is 0 Å². The molecule has 3 N–H and O–H groups in total. The van der Waals surface area contributed by atoms with Crippen LogP contribution in [0.15, 0.2) is 29.2 Å². The van der Waals surface area contributed by atoms with Gasteiger partial charge in [-0.3, -0.25) is 4.79 Å². The number of sulfonamides is 1. The molecule has 0 saturated heterocycles. The molecule has 0 aliphatic heterocycles. The van der Waals surface area contributed by atoms with Crippen LogP contribution in [0.1, 0.15) is 38.8 Å². The molecule has 0 saturated carbocycles. The number of hydrogen-bond donors (Lipinski definition) is 2. The van der Waals surface area contributed by atoms with Gasteiger partial charge in [-0.25, -0.2) is 13.6 Å². The van der Waals surface area contributed by atoms with Crippen molar-refractivity contribution < 1.29 is 17.9 Å². The second kappa shape index (κ2) is 6.55. The summed E-state index contributed by atoms with van der Waals surface area (Å²) in [5, 5.41) is 7.91. The molecular weight excluding hydrogens is 292 g/mol. The smallest absolute Gasteiger partial charge is 0.238 e. The molecule has 1 atom stereocenters. The lowest BCUT2D eigenvalue weighted by molar-refractivity contribution is -0.126. The van der Waals surface area contributed by atoms with Crippen LogP contribution in [0.5, 0.6) is 0 Å². The summed E-state index contributed by atoms with van der Waals surface area (Å²) < 4.78 is 27.9. The van der Waals surface area contributed by atoms with E-state index < -0.39 is 15.6 Å². The van der Waals surface area contributed by atoms with Gasteiger partial charge in [-0.1, -0.05) is 12.1 Å². The standard InChI is InChI=1S/C14H22N2O4S/c1-10(16-13(17)9-14(2,3)20-4)11-6-5-7-12(8-11)21(15,18)19/h5-8,10H,9H2,1-4H3,(H,16,17)(H2,15,18,19). The van der Waals surface area contributed by atoms with Crippen molar-refractivity contribution in [3.63, 3.8) is 0 Å². The van der Waals surface area contributed by atoms with Gasteiger partial charge in [0, 0.05) is 7.11 Å². The molecule has 0 bridgehead atoms. The molecule has 0 aromatic heterocycles. The largest absolute Gasteiger partial charge is 0.378 e. The first-order chi connectivity index (χ1) is 9.55. The van der Waals surface area contributed by atoms with E-state index >= 15 is 0 Å². The molecule has 1 aromatic rings. The number of amides is 1. The monoisotopic (exact) mass is 314 g/mol. The Kier molecular flexibility index (Phi) is 5.49. The van der Waals surface area contributed by atoms with Crippen LogP contribution in [0.3, 0.4) is 0 Å². The van der Waals surface area contributed by atoms with Crippen LogP contribution in [-0.4, -0.2) is 27.0 Å². The third-order valence-electron chi connectivity index (χ3n) is 3.20. The molecule has 1 rings (SSSR count). The fourth-order valence-electron chi connectivity index (χ4n) is 1.80. The highest BCUT2D eigenvalue weighted by molar-refractivity contribution is 7.89. The third-order valence-corrected chi connectivity index (χ3v) is 4.11. The molecule has 21 heavy (non-hydrogen) atoms. The summed E-state index contributed by atoms with van der Waals surface area (Å²) in [6.45, 7) is 5.41. The maximum atomic E-state index is 11.9. The van der Waals surface area contributed by atoms with Gasteiger partial charge in [0.1, 0.15) is 0 Å². The summed E-state index contributed by atoms with van der Waals surface area (Å²) >= 11 is 0. The molecule has 0 aliphatic carbocycles. The van der Waals surface area contributed by atoms with E-state index in [1.807, 2.05) is 13.8 Å². The maximum Gasteiger partial charge on any atom is 0.238 e. The summed E-state index contributed by atoms with van der Waals surface area (Å²) in [4.78, 5) is 12.0. The van der Waals surface area contributed by atoms with Crippen LogP contribution in [0.4, 0.5) is 0 Å². The molecule has 0 radical (unpaired) electrons. The van der Waals surface area contributed by atoms with Gasteiger partial charge in [0.25, 0.3) is 0 Å². The number of hydrogen-bond acceptors (Lipinski definition) is 4. The Morgan fingerprint density at radius 1 is 1.43 bits per heavy atom. The second-order valence-electron chi connectivity index (χ2n) is 5.55. The number of methoxy groups -OCH3 is 1. The number of benzene rings is 1. The first kappa shape index (κ1) is 17.6. The van der Waals surface area contributed by atoms with Crippen molar-refractivity contribution >= 4 is 15.9 Å². The number of ether oxygens (including phenoxy) is 1. The van der Waals surface area contributed by atoms with E-state index in [9.17, 15) is 13.2 Å². The van der Waals surface area contributed by atoms with Crippen LogP contribution in [0.25, 0.3) is 0 Å². The zero-order chi connectivity index (χ0) is 16.3. The first-order valence-electron chi connectivity index (χ1n) is 6.52. The number of carbonyl (C=O) groups is 1. The Morgan fingerprint density at radius 3 is 2.57 bits per heavy atom. The number of nitrogens with one attached hydrogen (secondary N) is 1. The Bertz CT molecular complexity index is 611. The molecule has 1 unspecified atom stereocenters. The third kappa shape index (κ3) is 5.45. The lowest BCUT2D eigenvalue weighted by atomic mass is 10.0. The number of nitrogens with two attached hydrogens (primary N) is 1. The molecule has 0 heterocycles. The number of primary sulfonamides is 1. The van der Waals surface area contributed by atoms with Gasteiger partial charge in [-0.15, -0.1) is 0 Å². The first-order valence-corrected chi connectivity index (χ1v) is 8.07. The maximum absolute atomic E-state index is 11.9. The van der Waals surface area contributed by atoms with E-state index in [1.54, 1.807) is 26.2 Å². The van der Waals surface area contributed by atoms with Crippen molar-refractivity contribution in [1.29, 1.82) is 0 Å². The van der Waals surface area contributed by atoms with Gasteiger partial charge in [0.05, 0.1) is 23.0 Å². The molecule has 0 aliphatic rings. The van der Waals surface area contributed by atoms with Crippen molar-refractivity contribution in [2.75, 3.05) is 7.11 Å². The summed E-state index contributed by atoms with van der Waals surface area (Å²) in [5.74, 6) is -0.171. The molecule has 118 valence electrons.